The second-order valence-electron chi connectivity index (χ2n) is 6.42. The molecule has 1 aliphatic rings. The molecule has 0 radical (unpaired) electrons. The summed E-state index contributed by atoms with van der Waals surface area (Å²) in [6, 6.07) is 12.7. The summed E-state index contributed by atoms with van der Waals surface area (Å²) < 4.78 is 1.89. The number of carbonyl (C=O) groups is 1. The molecule has 1 aromatic carbocycles. The van der Waals surface area contributed by atoms with Gasteiger partial charge in [0.05, 0.1) is 16.9 Å². The van der Waals surface area contributed by atoms with Gasteiger partial charge in [0.2, 0.25) is 0 Å². The van der Waals surface area contributed by atoms with Crippen LogP contribution in [0.2, 0.25) is 0 Å². The van der Waals surface area contributed by atoms with Crippen LogP contribution < -0.4 is 5.32 Å². The molecule has 0 bridgehead atoms. The van der Waals surface area contributed by atoms with Crippen molar-refractivity contribution in [3.8, 4) is 5.69 Å². The summed E-state index contributed by atoms with van der Waals surface area (Å²) in [4.78, 5) is 15.5. The number of nitrogens with one attached hydrogen (secondary N) is 1. The minimum Gasteiger partial charge on any atom is -0.478 e. The van der Waals surface area contributed by atoms with Gasteiger partial charge in [0.15, 0.2) is 0 Å². The van der Waals surface area contributed by atoms with Crippen molar-refractivity contribution in [2.75, 3.05) is 11.9 Å². The smallest absolute Gasteiger partial charge is 0.335 e. The second kappa shape index (κ2) is 7.00. The van der Waals surface area contributed by atoms with Crippen LogP contribution in [0, 0.1) is 0 Å². The number of carboxylic acid groups (broad SMARTS) is 1. The predicted octanol–water partition coefficient (Wildman–Crippen LogP) is 3.30. The number of benzene rings is 1. The zero-order valence-corrected chi connectivity index (χ0v) is 14.4. The van der Waals surface area contributed by atoms with Crippen LogP contribution in [0.1, 0.15) is 40.2 Å². The molecule has 2 N–H and O–H groups in total. The van der Waals surface area contributed by atoms with Gasteiger partial charge in [-0.15, -0.1) is 0 Å². The maximum Gasteiger partial charge on any atom is 0.335 e. The van der Waals surface area contributed by atoms with E-state index in [0.29, 0.717) is 6.42 Å². The molecule has 3 heterocycles. The third-order valence-corrected chi connectivity index (χ3v) is 4.65. The minimum absolute atomic E-state index is 0.272. The van der Waals surface area contributed by atoms with E-state index < -0.39 is 5.97 Å². The molecule has 0 saturated carbocycles. The molecular formula is C20H20N4O2. The predicted molar refractivity (Wildman–Crippen MR) is 99.0 cm³/mol. The molecular weight excluding hydrogens is 328 g/mol. The van der Waals surface area contributed by atoms with E-state index in [2.05, 4.69) is 10.3 Å². The summed E-state index contributed by atoms with van der Waals surface area (Å²) in [6.07, 6.45) is 5.71. The molecule has 0 unspecified atom stereocenters. The number of nitrogens with zero attached hydrogens (tertiary/aromatic N) is 3. The third kappa shape index (κ3) is 3.18. The number of aromatic carboxylic acids is 1. The van der Waals surface area contributed by atoms with Gasteiger partial charge < -0.3 is 10.4 Å². The average molecular weight is 348 g/mol. The summed E-state index contributed by atoms with van der Waals surface area (Å²) in [7, 11) is 0. The monoisotopic (exact) mass is 348 g/mol. The Balaban J connectivity index is 1.75. The van der Waals surface area contributed by atoms with E-state index >= 15 is 0 Å². The number of hydrogen-bond acceptors (Lipinski definition) is 4. The van der Waals surface area contributed by atoms with E-state index in [1.54, 1.807) is 30.5 Å². The molecule has 6 heteroatoms. The SMILES string of the molecule is O=C(O)c1ccc(-n2nc(Cc3ccccn3)c3c2NCCCC3)cc1. The molecule has 0 saturated heterocycles. The zero-order valence-electron chi connectivity index (χ0n) is 14.4. The van der Waals surface area contributed by atoms with E-state index in [-0.39, 0.29) is 5.56 Å². The number of pyridine rings is 1. The van der Waals surface area contributed by atoms with Crippen LogP contribution in [0.25, 0.3) is 5.69 Å². The molecule has 0 atom stereocenters. The Hall–Kier alpha value is -3.15. The van der Waals surface area contributed by atoms with Gasteiger partial charge >= 0.3 is 5.97 Å². The van der Waals surface area contributed by atoms with Gasteiger partial charge in [-0.1, -0.05) is 6.07 Å². The molecule has 1 aliphatic heterocycles. The fraction of sp³-hybridized carbons (Fsp3) is 0.250. The van der Waals surface area contributed by atoms with Crippen molar-refractivity contribution in [1.82, 2.24) is 14.8 Å². The number of aromatic nitrogens is 3. The number of anilines is 1. The molecule has 0 fully saturated rings. The highest BCUT2D eigenvalue weighted by atomic mass is 16.4. The number of hydrogen-bond donors (Lipinski definition) is 2. The van der Waals surface area contributed by atoms with E-state index in [1.807, 2.05) is 22.9 Å². The first-order valence-corrected chi connectivity index (χ1v) is 8.80. The molecule has 0 spiro atoms. The first-order chi connectivity index (χ1) is 12.7. The van der Waals surface area contributed by atoms with Crippen molar-refractivity contribution in [3.05, 3.63) is 71.2 Å². The topological polar surface area (TPSA) is 80.0 Å². The highest BCUT2D eigenvalue weighted by molar-refractivity contribution is 5.87. The Labute approximate surface area is 151 Å². The Morgan fingerprint density at radius 2 is 2.00 bits per heavy atom. The van der Waals surface area contributed by atoms with E-state index in [4.69, 9.17) is 10.2 Å². The lowest BCUT2D eigenvalue weighted by Gasteiger charge is -2.09. The van der Waals surface area contributed by atoms with Crippen LogP contribution in [0.15, 0.2) is 48.7 Å². The van der Waals surface area contributed by atoms with Crippen molar-refractivity contribution in [2.24, 2.45) is 0 Å². The summed E-state index contributed by atoms with van der Waals surface area (Å²) >= 11 is 0. The summed E-state index contributed by atoms with van der Waals surface area (Å²) in [5, 5.41) is 17.4. The molecule has 132 valence electrons. The first kappa shape index (κ1) is 16.3. The lowest BCUT2D eigenvalue weighted by molar-refractivity contribution is 0.0697. The van der Waals surface area contributed by atoms with Gasteiger partial charge in [-0.2, -0.15) is 5.10 Å². The van der Waals surface area contributed by atoms with Crippen LogP contribution in [0.4, 0.5) is 5.82 Å². The number of carboxylic acids is 1. The standard InChI is InChI=1S/C20H20N4O2/c25-20(26)14-7-9-16(10-8-14)24-19-17(6-2-4-12-22-19)18(23-24)13-15-5-1-3-11-21-15/h1,3,5,7-11,22H,2,4,6,12-13H2,(H,25,26). The van der Waals surface area contributed by atoms with Crippen molar-refractivity contribution >= 4 is 11.8 Å². The summed E-state index contributed by atoms with van der Waals surface area (Å²) in [6.45, 7) is 0.912. The molecule has 6 nitrogen and oxygen atoms in total. The van der Waals surface area contributed by atoms with Crippen LogP contribution in [0.3, 0.4) is 0 Å². The van der Waals surface area contributed by atoms with Crippen molar-refractivity contribution in [2.45, 2.75) is 25.7 Å². The van der Waals surface area contributed by atoms with Gasteiger partial charge in [0, 0.05) is 30.4 Å². The Morgan fingerprint density at radius 1 is 1.15 bits per heavy atom. The number of fused-ring (bicyclic) bond motifs is 1. The van der Waals surface area contributed by atoms with Gasteiger partial charge in [0.1, 0.15) is 5.82 Å². The van der Waals surface area contributed by atoms with Crippen LogP contribution in [-0.4, -0.2) is 32.4 Å². The molecule has 0 amide bonds. The Kier molecular flexibility index (Phi) is 4.39. The molecule has 4 rings (SSSR count). The Bertz CT molecular complexity index is 917. The maximum absolute atomic E-state index is 11.1. The molecule has 0 aliphatic carbocycles. The molecule has 3 aromatic rings. The van der Waals surface area contributed by atoms with Gasteiger partial charge in [-0.25, -0.2) is 9.48 Å². The van der Waals surface area contributed by atoms with Gasteiger partial charge in [-0.05, 0) is 55.7 Å². The fourth-order valence-electron chi connectivity index (χ4n) is 3.32. The maximum atomic E-state index is 11.1. The van der Waals surface area contributed by atoms with E-state index in [0.717, 1.165) is 48.7 Å². The zero-order chi connectivity index (χ0) is 17.9. The molecule has 26 heavy (non-hydrogen) atoms. The summed E-state index contributed by atoms with van der Waals surface area (Å²) in [5.74, 6) is 0.0846. The van der Waals surface area contributed by atoms with E-state index in [1.165, 1.54) is 5.56 Å². The van der Waals surface area contributed by atoms with Crippen molar-refractivity contribution in [1.29, 1.82) is 0 Å². The van der Waals surface area contributed by atoms with Crippen LogP contribution >= 0.6 is 0 Å². The third-order valence-electron chi connectivity index (χ3n) is 4.65. The largest absolute Gasteiger partial charge is 0.478 e. The van der Waals surface area contributed by atoms with Crippen LogP contribution in [0.5, 0.6) is 0 Å². The quantitative estimate of drug-likeness (QED) is 0.756. The lowest BCUT2D eigenvalue weighted by atomic mass is 10.1. The Morgan fingerprint density at radius 3 is 2.73 bits per heavy atom. The normalized spacial score (nSPS) is 13.5. The highest BCUT2D eigenvalue weighted by Crippen LogP contribution is 2.29. The molecule has 2 aromatic heterocycles. The van der Waals surface area contributed by atoms with Gasteiger partial charge in [0.25, 0.3) is 0 Å². The second-order valence-corrected chi connectivity index (χ2v) is 6.42. The fourth-order valence-corrected chi connectivity index (χ4v) is 3.32. The van der Waals surface area contributed by atoms with Crippen LogP contribution in [-0.2, 0) is 12.8 Å². The highest BCUT2D eigenvalue weighted by Gasteiger charge is 2.21. The lowest BCUT2D eigenvalue weighted by Crippen LogP contribution is -2.07. The minimum atomic E-state index is -0.926. The first-order valence-electron chi connectivity index (χ1n) is 8.80. The van der Waals surface area contributed by atoms with Crippen molar-refractivity contribution < 1.29 is 9.90 Å². The van der Waals surface area contributed by atoms with Gasteiger partial charge in [-0.3, -0.25) is 4.98 Å². The van der Waals surface area contributed by atoms with Crippen molar-refractivity contribution in [3.63, 3.8) is 0 Å². The summed E-state index contributed by atoms with van der Waals surface area (Å²) in [5.41, 5.74) is 4.37. The average Bonchev–Trinajstić information content (AvgIpc) is 2.83. The number of rotatable bonds is 4. The van der Waals surface area contributed by atoms with E-state index in [9.17, 15) is 4.79 Å².